The molecule has 1 aliphatic heterocycles. The maximum absolute atomic E-state index is 12.6. The lowest BCUT2D eigenvalue weighted by Crippen LogP contribution is -2.35. The number of carbonyl (C=O) groups excluding carboxylic acids is 2. The maximum atomic E-state index is 12.6. The highest BCUT2D eigenvalue weighted by atomic mass is 32.1. The molecule has 128 valence electrons. The molecule has 1 aliphatic rings. The number of furan rings is 1. The van der Waals surface area contributed by atoms with E-state index in [0.29, 0.717) is 30.2 Å². The Balaban J connectivity index is 1.47. The predicted molar refractivity (Wildman–Crippen MR) is 96.3 cm³/mol. The van der Waals surface area contributed by atoms with Gasteiger partial charge in [-0.05, 0) is 30.0 Å². The van der Waals surface area contributed by atoms with Crippen molar-refractivity contribution in [1.82, 2.24) is 9.88 Å². The van der Waals surface area contributed by atoms with Crippen LogP contribution in [-0.4, -0.2) is 28.2 Å². The van der Waals surface area contributed by atoms with Crippen LogP contribution >= 0.6 is 22.7 Å². The van der Waals surface area contributed by atoms with Crippen molar-refractivity contribution >= 4 is 39.6 Å². The minimum atomic E-state index is -0.248. The van der Waals surface area contributed by atoms with Gasteiger partial charge in [0.05, 0.1) is 28.9 Å². The molecule has 0 aromatic carbocycles. The van der Waals surface area contributed by atoms with E-state index in [1.807, 2.05) is 23.3 Å². The van der Waals surface area contributed by atoms with Crippen molar-refractivity contribution in [2.45, 2.75) is 19.9 Å². The molecule has 0 radical (unpaired) electrons. The molecule has 0 spiro atoms. The Hall–Kier alpha value is -2.45. The summed E-state index contributed by atoms with van der Waals surface area (Å²) in [6.07, 6.45) is 3.55. The van der Waals surface area contributed by atoms with Crippen LogP contribution < -0.4 is 5.32 Å². The van der Waals surface area contributed by atoms with E-state index in [9.17, 15) is 9.59 Å². The zero-order chi connectivity index (χ0) is 17.4. The molecule has 1 N–H and O–H groups in total. The van der Waals surface area contributed by atoms with E-state index in [2.05, 4.69) is 10.3 Å². The summed E-state index contributed by atoms with van der Waals surface area (Å²) in [5, 5.41) is 5.33. The largest absolute Gasteiger partial charge is 0.472 e. The molecule has 0 saturated carbocycles. The lowest BCUT2D eigenvalue weighted by atomic mass is 10.1. The number of hydrogen-bond acceptors (Lipinski definition) is 6. The third-order valence-electron chi connectivity index (χ3n) is 3.96. The molecule has 0 fully saturated rings. The average Bonchev–Trinajstić information content (AvgIpc) is 3.33. The fraction of sp³-hybridized carbons (Fsp3) is 0.235. The first-order chi connectivity index (χ1) is 12.1. The summed E-state index contributed by atoms with van der Waals surface area (Å²) in [5.41, 5.74) is 2.52. The lowest BCUT2D eigenvalue weighted by molar-refractivity contribution is 0.0741. The van der Waals surface area contributed by atoms with E-state index in [0.717, 1.165) is 21.0 Å². The van der Waals surface area contributed by atoms with Gasteiger partial charge < -0.3 is 9.32 Å². The molecule has 3 aromatic heterocycles. The number of nitrogens with zero attached hydrogens (tertiary/aromatic N) is 2. The van der Waals surface area contributed by atoms with Crippen LogP contribution in [-0.2, 0) is 13.0 Å². The first kappa shape index (κ1) is 16.0. The highest BCUT2D eigenvalue weighted by Gasteiger charge is 2.26. The average molecular weight is 373 g/mol. The molecule has 2 amide bonds. The van der Waals surface area contributed by atoms with Crippen LogP contribution in [0.2, 0.25) is 0 Å². The smallest absolute Gasteiger partial charge is 0.264 e. The molecule has 8 heteroatoms. The van der Waals surface area contributed by atoms with E-state index in [-0.39, 0.29) is 11.8 Å². The molecule has 4 rings (SSSR count). The van der Waals surface area contributed by atoms with E-state index < -0.39 is 0 Å². The number of aromatic nitrogens is 1. The molecule has 0 atom stereocenters. The van der Waals surface area contributed by atoms with Crippen LogP contribution in [0.25, 0.3) is 0 Å². The number of thiophene rings is 1. The van der Waals surface area contributed by atoms with Crippen molar-refractivity contribution < 1.29 is 14.0 Å². The first-order valence-electron chi connectivity index (χ1n) is 7.76. The monoisotopic (exact) mass is 373 g/mol. The minimum Gasteiger partial charge on any atom is -0.472 e. The van der Waals surface area contributed by atoms with Crippen molar-refractivity contribution in [1.29, 1.82) is 0 Å². The van der Waals surface area contributed by atoms with Crippen molar-refractivity contribution in [3.63, 3.8) is 0 Å². The third kappa shape index (κ3) is 3.22. The molecule has 25 heavy (non-hydrogen) atoms. The number of hydrogen-bond donors (Lipinski definition) is 1. The summed E-state index contributed by atoms with van der Waals surface area (Å²) < 4.78 is 4.92. The highest BCUT2D eigenvalue weighted by Crippen LogP contribution is 2.30. The quantitative estimate of drug-likeness (QED) is 0.762. The molecule has 0 aliphatic carbocycles. The Morgan fingerprint density at radius 1 is 1.40 bits per heavy atom. The standard InChI is InChI=1S/C17H15N3O3S2/c1-10-6-13(24-9-10)16(22)20-4-2-12-14(7-20)25-17(18-12)19-15(21)11-3-5-23-8-11/h3,5-6,8-9H,2,4,7H2,1H3,(H,18,19,21). The van der Waals surface area contributed by atoms with Gasteiger partial charge in [0.25, 0.3) is 11.8 Å². The maximum Gasteiger partial charge on any atom is 0.264 e. The SMILES string of the molecule is Cc1csc(C(=O)N2CCc3nc(NC(=O)c4ccoc4)sc3C2)c1. The molecular weight excluding hydrogens is 358 g/mol. The van der Waals surface area contributed by atoms with Crippen LogP contribution in [0.5, 0.6) is 0 Å². The fourth-order valence-electron chi connectivity index (χ4n) is 2.68. The normalized spacial score (nSPS) is 13.6. The second kappa shape index (κ2) is 6.45. The highest BCUT2D eigenvalue weighted by molar-refractivity contribution is 7.16. The number of aryl methyl sites for hydroxylation is 1. The van der Waals surface area contributed by atoms with Gasteiger partial charge in [-0.25, -0.2) is 4.98 Å². The predicted octanol–water partition coefficient (Wildman–Crippen LogP) is 3.56. The van der Waals surface area contributed by atoms with Crippen molar-refractivity contribution in [3.05, 3.63) is 56.6 Å². The van der Waals surface area contributed by atoms with Crippen LogP contribution in [0.4, 0.5) is 5.13 Å². The topological polar surface area (TPSA) is 75.4 Å². The van der Waals surface area contributed by atoms with Crippen molar-refractivity contribution in [2.75, 3.05) is 11.9 Å². The number of rotatable bonds is 3. The van der Waals surface area contributed by atoms with Gasteiger partial charge in [0.2, 0.25) is 0 Å². The Labute approximate surface area is 152 Å². The van der Waals surface area contributed by atoms with Gasteiger partial charge in [-0.1, -0.05) is 11.3 Å². The summed E-state index contributed by atoms with van der Waals surface area (Å²) >= 11 is 2.89. The Bertz CT molecular complexity index is 927. The second-order valence-corrected chi connectivity index (χ2v) is 7.81. The van der Waals surface area contributed by atoms with Gasteiger partial charge in [-0.2, -0.15) is 0 Å². The van der Waals surface area contributed by atoms with E-state index in [1.54, 1.807) is 6.07 Å². The van der Waals surface area contributed by atoms with Gasteiger partial charge >= 0.3 is 0 Å². The van der Waals surface area contributed by atoms with Gasteiger partial charge in [-0.3, -0.25) is 14.9 Å². The first-order valence-corrected chi connectivity index (χ1v) is 9.46. The van der Waals surface area contributed by atoms with Crippen LogP contribution in [0, 0.1) is 6.92 Å². The van der Waals surface area contributed by atoms with E-state index in [4.69, 9.17) is 4.42 Å². The molecule has 0 bridgehead atoms. The van der Waals surface area contributed by atoms with Crippen LogP contribution in [0.1, 0.15) is 36.2 Å². The summed E-state index contributed by atoms with van der Waals surface area (Å²) in [4.78, 5) is 32.8. The number of carbonyl (C=O) groups is 2. The summed E-state index contributed by atoms with van der Waals surface area (Å²) in [5.74, 6) is -0.192. The Morgan fingerprint density at radius 2 is 2.28 bits per heavy atom. The zero-order valence-corrected chi connectivity index (χ0v) is 15.1. The second-order valence-electron chi connectivity index (χ2n) is 5.82. The van der Waals surface area contributed by atoms with E-state index >= 15 is 0 Å². The van der Waals surface area contributed by atoms with Crippen LogP contribution in [0.15, 0.2) is 34.5 Å². The number of anilines is 1. The number of nitrogens with one attached hydrogen (secondary N) is 1. The Kier molecular flexibility index (Phi) is 4.14. The fourth-order valence-corrected chi connectivity index (χ4v) is 4.57. The van der Waals surface area contributed by atoms with Gasteiger partial charge in [0.15, 0.2) is 5.13 Å². The molecule has 0 saturated heterocycles. The number of thiazole rings is 1. The Morgan fingerprint density at radius 3 is 3.00 bits per heavy atom. The zero-order valence-electron chi connectivity index (χ0n) is 13.4. The van der Waals surface area contributed by atoms with Crippen molar-refractivity contribution in [2.24, 2.45) is 0 Å². The van der Waals surface area contributed by atoms with E-state index in [1.165, 1.54) is 35.2 Å². The molecule has 3 aromatic rings. The van der Waals surface area contributed by atoms with Gasteiger partial charge in [0.1, 0.15) is 6.26 Å². The summed E-state index contributed by atoms with van der Waals surface area (Å²) in [7, 11) is 0. The summed E-state index contributed by atoms with van der Waals surface area (Å²) in [6, 6.07) is 3.53. The number of fused-ring (bicyclic) bond motifs is 1. The summed E-state index contributed by atoms with van der Waals surface area (Å²) in [6.45, 7) is 3.16. The molecule has 6 nitrogen and oxygen atoms in total. The molecule has 0 unspecified atom stereocenters. The van der Waals surface area contributed by atoms with Crippen LogP contribution in [0.3, 0.4) is 0 Å². The van der Waals surface area contributed by atoms with Gasteiger partial charge in [-0.15, -0.1) is 11.3 Å². The molecular formula is C17H15N3O3S2. The van der Waals surface area contributed by atoms with Crippen molar-refractivity contribution in [3.8, 4) is 0 Å². The molecule has 4 heterocycles. The minimum absolute atomic E-state index is 0.0566. The van der Waals surface area contributed by atoms with Gasteiger partial charge in [0, 0.05) is 17.8 Å². The lowest BCUT2D eigenvalue weighted by Gasteiger charge is -2.25. The third-order valence-corrected chi connectivity index (χ3v) is 6.00. The number of amides is 2.